The molecule has 192 valence electrons. The van der Waals surface area contributed by atoms with E-state index in [2.05, 4.69) is 34.4 Å². The molecule has 4 rings (SSSR count). The van der Waals surface area contributed by atoms with E-state index in [4.69, 9.17) is 21.3 Å². The van der Waals surface area contributed by atoms with Crippen molar-refractivity contribution < 1.29 is 9.53 Å². The van der Waals surface area contributed by atoms with Gasteiger partial charge in [0.2, 0.25) is 5.95 Å². The average molecular weight is 513 g/mol. The predicted molar refractivity (Wildman–Crippen MR) is 144 cm³/mol. The van der Waals surface area contributed by atoms with Crippen LogP contribution in [0.2, 0.25) is 5.02 Å². The topological polar surface area (TPSA) is 101 Å². The Morgan fingerprint density at radius 2 is 2.06 bits per heavy atom. The highest BCUT2D eigenvalue weighted by molar-refractivity contribution is 6.32. The molecule has 1 fully saturated rings. The van der Waals surface area contributed by atoms with E-state index in [1.165, 1.54) is 19.9 Å². The zero-order chi connectivity index (χ0) is 25.9. The van der Waals surface area contributed by atoms with Crippen molar-refractivity contribution in [1.29, 1.82) is 0 Å². The number of nitrogens with one attached hydrogen (secondary N) is 2. The number of amides is 1. The molecule has 3 heterocycles. The molecule has 9 nitrogen and oxygen atoms in total. The summed E-state index contributed by atoms with van der Waals surface area (Å²) in [6, 6.07) is 7.32. The van der Waals surface area contributed by atoms with E-state index in [1.807, 2.05) is 25.1 Å². The standard InChI is InChI=1S/C26H33ClN6O3/c1-5-33-20-9-8-18(12-17(20)13-21(24(33)35)36-15-22(34)28-4)30-23-19(27)14-29-25(31-23)32-11-7-6-10-26(2,3)16-32/h8-9,12-14H,5-7,10-11,15-16H2,1-4H3,(H,28,34)(H,29,30,31). The Morgan fingerprint density at radius 1 is 1.25 bits per heavy atom. The molecule has 2 aromatic heterocycles. The SMILES string of the molecule is CCn1c(=O)c(OCC(=O)NC)cc2cc(Nc3nc(N4CCCCC(C)(C)C4)ncc3Cl)ccc21. The van der Waals surface area contributed by atoms with E-state index in [0.29, 0.717) is 23.3 Å². The highest BCUT2D eigenvalue weighted by Gasteiger charge is 2.26. The maximum Gasteiger partial charge on any atom is 0.293 e. The molecule has 0 saturated carbocycles. The lowest BCUT2D eigenvalue weighted by Gasteiger charge is -2.29. The Morgan fingerprint density at radius 3 is 2.81 bits per heavy atom. The van der Waals surface area contributed by atoms with Crippen LogP contribution in [-0.4, -0.2) is 47.2 Å². The second-order valence-corrected chi connectivity index (χ2v) is 10.2. The van der Waals surface area contributed by atoms with Crippen molar-refractivity contribution in [1.82, 2.24) is 19.9 Å². The van der Waals surface area contributed by atoms with Crippen LogP contribution in [0.15, 0.2) is 35.3 Å². The predicted octanol–water partition coefficient (Wildman–Crippen LogP) is 4.35. The summed E-state index contributed by atoms with van der Waals surface area (Å²) >= 11 is 6.46. The van der Waals surface area contributed by atoms with E-state index in [-0.39, 0.29) is 29.2 Å². The monoisotopic (exact) mass is 512 g/mol. The first-order valence-corrected chi connectivity index (χ1v) is 12.6. The van der Waals surface area contributed by atoms with Gasteiger partial charge in [-0.25, -0.2) is 4.98 Å². The molecule has 0 aliphatic carbocycles. The van der Waals surface area contributed by atoms with Crippen LogP contribution in [0.1, 0.15) is 40.0 Å². The Kier molecular flexibility index (Phi) is 7.68. The van der Waals surface area contributed by atoms with Crippen LogP contribution in [0.5, 0.6) is 5.75 Å². The molecule has 3 aromatic rings. The zero-order valence-electron chi connectivity index (χ0n) is 21.2. The van der Waals surface area contributed by atoms with Crippen molar-refractivity contribution in [2.45, 2.75) is 46.6 Å². The molecule has 1 aliphatic heterocycles. The number of anilines is 3. The van der Waals surface area contributed by atoms with Gasteiger partial charge in [-0.05, 0) is 49.4 Å². The third-order valence-electron chi connectivity index (χ3n) is 6.44. The van der Waals surface area contributed by atoms with Gasteiger partial charge in [0.05, 0.1) is 11.7 Å². The summed E-state index contributed by atoms with van der Waals surface area (Å²) in [5, 5.41) is 7.00. The largest absolute Gasteiger partial charge is 0.478 e. The first kappa shape index (κ1) is 25.8. The van der Waals surface area contributed by atoms with Crippen molar-refractivity contribution in [3.05, 3.63) is 45.8 Å². The van der Waals surface area contributed by atoms with Crippen LogP contribution in [0.4, 0.5) is 17.5 Å². The van der Waals surface area contributed by atoms with Gasteiger partial charge in [0.25, 0.3) is 11.5 Å². The highest BCUT2D eigenvalue weighted by atomic mass is 35.5. The molecule has 0 spiro atoms. The van der Waals surface area contributed by atoms with Crippen molar-refractivity contribution in [2.24, 2.45) is 5.41 Å². The molecule has 36 heavy (non-hydrogen) atoms. The van der Waals surface area contributed by atoms with Gasteiger partial charge in [-0.2, -0.15) is 4.98 Å². The summed E-state index contributed by atoms with van der Waals surface area (Å²) in [7, 11) is 1.52. The van der Waals surface area contributed by atoms with Crippen LogP contribution >= 0.6 is 11.6 Å². The molecular formula is C26H33ClN6O3. The van der Waals surface area contributed by atoms with E-state index >= 15 is 0 Å². The average Bonchev–Trinajstić information content (AvgIpc) is 3.04. The molecule has 1 saturated heterocycles. The lowest BCUT2D eigenvalue weighted by atomic mass is 9.88. The van der Waals surface area contributed by atoms with Gasteiger partial charge >= 0.3 is 0 Å². The maximum absolute atomic E-state index is 12.8. The highest BCUT2D eigenvalue weighted by Crippen LogP contribution is 2.32. The smallest absolute Gasteiger partial charge is 0.293 e. The summed E-state index contributed by atoms with van der Waals surface area (Å²) in [5.41, 5.74) is 1.43. The Bertz CT molecular complexity index is 1320. The van der Waals surface area contributed by atoms with E-state index in [0.717, 1.165) is 36.1 Å². The van der Waals surface area contributed by atoms with Crippen molar-refractivity contribution in [2.75, 3.05) is 37.0 Å². The maximum atomic E-state index is 12.8. The second-order valence-electron chi connectivity index (χ2n) is 9.83. The van der Waals surface area contributed by atoms with Gasteiger partial charge in [0, 0.05) is 37.8 Å². The van der Waals surface area contributed by atoms with Gasteiger partial charge in [-0.1, -0.05) is 31.9 Å². The molecule has 1 amide bonds. The van der Waals surface area contributed by atoms with Gasteiger partial charge in [0.15, 0.2) is 18.2 Å². The number of benzene rings is 1. The minimum Gasteiger partial charge on any atom is -0.478 e. The third-order valence-corrected chi connectivity index (χ3v) is 6.72. The molecule has 2 N–H and O–H groups in total. The normalized spacial score (nSPS) is 15.4. The van der Waals surface area contributed by atoms with E-state index in [1.54, 1.807) is 16.8 Å². The Hall–Kier alpha value is -3.33. The lowest BCUT2D eigenvalue weighted by Crippen LogP contribution is -2.34. The van der Waals surface area contributed by atoms with Crippen LogP contribution < -0.4 is 25.8 Å². The number of carbonyl (C=O) groups is 1. The van der Waals surface area contributed by atoms with Gasteiger partial charge in [-0.3, -0.25) is 9.59 Å². The van der Waals surface area contributed by atoms with Gasteiger partial charge in [0.1, 0.15) is 5.02 Å². The third kappa shape index (κ3) is 5.73. The number of carbonyl (C=O) groups excluding carboxylic acids is 1. The molecule has 10 heteroatoms. The number of halogens is 1. The number of pyridine rings is 1. The fourth-order valence-electron chi connectivity index (χ4n) is 4.56. The number of rotatable bonds is 7. The minimum absolute atomic E-state index is 0.122. The lowest BCUT2D eigenvalue weighted by molar-refractivity contribution is -0.122. The van der Waals surface area contributed by atoms with Crippen molar-refractivity contribution in [3.8, 4) is 5.75 Å². The molecule has 1 aliphatic rings. The Balaban J connectivity index is 1.65. The number of hydrogen-bond donors (Lipinski definition) is 2. The number of ether oxygens (including phenoxy) is 1. The molecule has 0 radical (unpaired) electrons. The first-order chi connectivity index (χ1) is 17.2. The molecular weight excluding hydrogens is 480 g/mol. The molecule has 0 unspecified atom stereocenters. The van der Waals surface area contributed by atoms with Crippen LogP contribution in [0.25, 0.3) is 10.9 Å². The van der Waals surface area contributed by atoms with Crippen LogP contribution in [0, 0.1) is 5.41 Å². The molecule has 1 aromatic carbocycles. The number of fused-ring (bicyclic) bond motifs is 1. The van der Waals surface area contributed by atoms with Crippen LogP contribution in [0.3, 0.4) is 0 Å². The number of aryl methyl sites for hydroxylation is 1. The molecule has 0 atom stereocenters. The fraction of sp³-hybridized carbons (Fsp3) is 0.462. The fourth-order valence-corrected chi connectivity index (χ4v) is 4.70. The summed E-state index contributed by atoms with van der Waals surface area (Å²) in [6.07, 6.45) is 5.10. The van der Waals surface area contributed by atoms with Gasteiger partial charge in [-0.15, -0.1) is 0 Å². The van der Waals surface area contributed by atoms with Crippen molar-refractivity contribution >= 4 is 45.9 Å². The van der Waals surface area contributed by atoms with Gasteiger partial charge < -0.3 is 24.8 Å². The Labute approximate surface area is 215 Å². The number of likely N-dealkylation sites (N-methyl/N-ethyl adjacent to an activating group) is 1. The first-order valence-electron chi connectivity index (χ1n) is 12.3. The minimum atomic E-state index is -0.310. The summed E-state index contributed by atoms with van der Waals surface area (Å²) in [5.74, 6) is 0.983. The second kappa shape index (κ2) is 10.7. The summed E-state index contributed by atoms with van der Waals surface area (Å²) < 4.78 is 7.13. The summed E-state index contributed by atoms with van der Waals surface area (Å²) in [4.78, 5) is 35.9. The number of aromatic nitrogens is 3. The van der Waals surface area contributed by atoms with Crippen LogP contribution in [-0.2, 0) is 11.3 Å². The quantitative estimate of drug-likeness (QED) is 0.485. The number of hydrogen-bond acceptors (Lipinski definition) is 7. The summed E-state index contributed by atoms with van der Waals surface area (Å²) in [6.45, 7) is 8.47. The van der Waals surface area contributed by atoms with E-state index in [9.17, 15) is 9.59 Å². The molecule has 0 bridgehead atoms. The van der Waals surface area contributed by atoms with Crippen molar-refractivity contribution in [3.63, 3.8) is 0 Å². The zero-order valence-corrected chi connectivity index (χ0v) is 22.0. The van der Waals surface area contributed by atoms with E-state index < -0.39 is 0 Å². The number of nitrogens with zero attached hydrogens (tertiary/aromatic N) is 4.